The van der Waals surface area contributed by atoms with E-state index in [1.54, 1.807) is 0 Å². The number of hydrogen-bond donors (Lipinski definition) is 1. The van der Waals surface area contributed by atoms with Crippen LogP contribution in [0.2, 0.25) is 0 Å². The summed E-state index contributed by atoms with van der Waals surface area (Å²) in [7, 11) is 0. The fourth-order valence-electron chi connectivity index (χ4n) is 3.52. The fourth-order valence-corrected chi connectivity index (χ4v) is 3.52. The van der Waals surface area contributed by atoms with Crippen LogP contribution in [0.3, 0.4) is 0 Å². The van der Waals surface area contributed by atoms with E-state index >= 15 is 0 Å². The van der Waals surface area contributed by atoms with Gasteiger partial charge >= 0.3 is 0 Å². The van der Waals surface area contributed by atoms with Gasteiger partial charge in [0.25, 0.3) is 0 Å². The van der Waals surface area contributed by atoms with Gasteiger partial charge in [-0.15, -0.1) is 0 Å². The molecular formula is C23H34O2. The lowest BCUT2D eigenvalue weighted by molar-refractivity contribution is 0.0146. The Morgan fingerprint density at radius 3 is 2.80 bits per heavy atom. The Labute approximate surface area is 153 Å². The van der Waals surface area contributed by atoms with Crippen molar-refractivity contribution in [3.63, 3.8) is 0 Å². The van der Waals surface area contributed by atoms with Crippen LogP contribution in [-0.2, 0) is 11.3 Å². The molecular weight excluding hydrogens is 308 g/mol. The van der Waals surface area contributed by atoms with Crippen molar-refractivity contribution in [2.24, 2.45) is 5.92 Å². The number of aliphatic hydroxyl groups is 1. The number of rotatable bonds is 10. The Hall–Kier alpha value is -1.38. The summed E-state index contributed by atoms with van der Waals surface area (Å²) in [5, 5.41) is 11.1. The maximum atomic E-state index is 11.1. The average Bonchev–Trinajstić information content (AvgIpc) is 2.64. The van der Waals surface area contributed by atoms with E-state index in [0.717, 1.165) is 25.7 Å². The lowest BCUT2D eigenvalue weighted by atomic mass is 9.75. The van der Waals surface area contributed by atoms with Gasteiger partial charge in [0.1, 0.15) is 0 Å². The van der Waals surface area contributed by atoms with Gasteiger partial charge in [-0.1, -0.05) is 87.2 Å². The van der Waals surface area contributed by atoms with Crippen LogP contribution in [-0.4, -0.2) is 17.3 Å². The molecule has 0 spiro atoms. The molecule has 1 aliphatic rings. The Morgan fingerprint density at radius 2 is 2.00 bits per heavy atom. The monoisotopic (exact) mass is 342 g/mol. The number of benzene rings is 1. The van der Waals surface area contributed by atoms with Crippen LogP contribution < -0.4 is 0 Å². The first-order chi connectivity index (χ1) is 12.2. The van der Waals surface area contributed by atoms with Gasteiger partial charge in [-0.05, 0) is 31.2 Å². The summed E-state index contributed by atoms with van der Waals surface area (Å²) >= 11 is 0. The van der Waals surface area contributed by atoms with Crippen molar-refractivity contribution in [2.45, 2.75) is 70.5 Å². The highest BCUT2D eigenvalue weighted by Crippen LogP contribution is 2.36. The van der Waals surface area contributed by atoms with Crippen molar-refractivity contribution in [1.82, 2.24) is 0 Å². The molecule has 0 aliphatic heterocycles. The molecule has 0 heterocycles. The minimum Gasteiger partial charge on any atom is -0.385 e. The van der Waals surface area contributed by atoms with Crippen LogP contribution in [0.1, 0.15) is 63.9 Å². The molecule has 2 nitrogen and oxygen atoms in total. The molecule has 2 heteroatoms. The molecule has 1 fully saturated rings. The van der Waals surface area contributed by atoms with Crippen molar-refractivity contribution in [3.05, 3.63) is 60.2 Å². The second kappa shape index (κ2) is 11.3. The Bertz CT molecular complexity index is 520. The van der Waals surface area contributed by atoms with Crippen molar-refractivity contribution >= 4 is 0 Å². The summed E-state index contributed by atoms with van der Waals surface area (Å²) in [6.07, 6.45) is 17.7. The molecule has 0 aromatic heterocycles. The number of ether oxygens (including phenoxy) is 1. The van der Waals surface area contributed by atoms with Crippen LogP contribution >= 0.6 is 0 Å². The molecule has 1 aromatic carbocycles. The quantitative estimate of drug-likeness (QED) is 0.429. The Balaban J connectivity index is 1.79. The highest BCUT2D eigenvalue weighted by atomic mass is 16.5. The third-order valence-electron chi connectivity index (χ3n) is 5.06. The topological polar surface area (TPSA) is 29.5 Å². The zero-order valence-corrected chi connectivity index (χ0v) is 15.7. The predicted octanol–water partition coefficient (Wildman–Crippen LogP) is 5.82. The van der Waals surface area contributed by atoms with Crippen molar-refractivity contribution < 1.29 is 9.84 Å². The van der Waals surface area contributed by atoms with Gasteiger partial charge in [0.05, 0.1) is 18.8 Å². The molecule has 0 radical (unpaired) electrons. The minimum atomic E-state index is -0.699. The van der Waals surface area contributed by atoms with Gasteiger partial charge in [0.2, 0.25) is 0 Å². The second-order valence-electron chi connectivity index (χ2n) is 7.17. The van der Waals surface area contributed by atoms with Crippen molar-refractivity contribution in [3.8, 4) is 0 Å². The number of allylic oxidation sites excluding steroid dienone is 1. The molecule has 25 heavy (non-hydrogen) atoms. The summed E-state index contributed by atoms with van der Waals surface area (Å²) in [5.41, 5.74) is 0.482. The van der Waals surface area contributed by atoms with Gasteiger partial charge < -0.3 is 9.84 Å². The van der Waals surface area contributed by atoms with Crippen LogP contribution in [0.4, 0.5) is 0 Å². The lowest BCUT2D eigenvalue weighted by Crippen LogP contribution is -2.37. The molecule has 0 amide bonds. The van der Waals surface area contributed by atoms with Gasteiger partial charge in [0.15, 0.2) is 0 Å². The molecule has 138 valence electrons. The third-order valence-corrected chi connectivity index (χ3v) is 5.06. The zero-order valence-electron chi connectivity index (χ0n) is 15.7. The van der Waals surface area contributed by atoms with E-state index in [9.17, 15) is 5.11 Å². The van der Waals surface area contributed by atoms with Crippen LogP contribution in [0.5, 0.6) is 0 Å². The van der Waals surface area contributed by atoms with Crippen LogP contribution in [0, 0.1) is 5.92 Å². The summed E-state index contributed by atoms with van der Waals surface area (Å²) < 4.78 is 5.70. The van der Waals surface area contributed by atoms with Gasteiger partial charge in [-0.25, -0.2) is 0 Å². The maximum absolute atomic E-state index is 11.1. The summed E-state index contributed by atoms with van der Waals surface area (Å²) in [6.45, 7) is 3.39. The summed E-state index contributed by atoms with van der Waals surface area (Å²) in [5.74, 6) is 0.244. The first-order valence-electron chi connectivity index (χ1n) is 9.93. The van der Waals surface area contributed by atoms with Crippen LogP contribution in [0.25, 0.3) is 0 Å². The average molecular weight is 343 g/mol. The zero-order chi connectivity index (χ0) is 17.8. The van der Waals surface area contributed by atoms with E-state index in [4.69, 9.17) is 4.74 Å². The molecule has 0 unspecified atom stereocenters. The van der Waals surface area contributed by atoms with E-state index < -0.39 is 5.60 Å². The predicted molar refractivity (Wildman–Crippen MR) is 105 cm³/mol. The van der Waals surface area contributed by atoms with Gasteiger partial charge in [0, 0.05) is 5.92 Å². The largest absolute Gasteiger partial charge is 0.385 e. The van der Waals surface area contributed by atoms with Gasteiger partial charge in [-0.2, -0.15) is 0 Å². The second-order valence-corrected chi connectivity index (χ2v) is 7.17. The van der Waals surface area contributed by atoms with Crippen molar-refractivity contribution in [2.75, 3.05) is 6.61 Å². The van der Waals surface area contributed by atoms with Gasteiger partial charge in [-0.3, -0.25) is 0 Å². The van der Waals surface area contributed by atoms with E-state index in [-0.39, 0.29) is 5.92 Å². The number of unbranched alkanes of at least 4 members (excludes halogenated alkanes) is 3. The Kier molecular flexibility index (Phi) is 8.99. The maximum Gasteiger partial charge on any atom is 0.0890 e. The smallest absolute Gasteiger partial charge is 0.0890 e. The number of hydrogen-bond acceptors (Lipinski definition) is 2. The molecule has 2 rings (SSSR count). The first kappa shape index (κ1) is 19.9. The first-order valence-corrected chi connectivity index (χ1v) is 9.93. The molecule has 2 atom stereocenters. The molecule has 0 saturated heterocycles. The fraction of sp³-hybridized carbons (Fsp3) is 0.565. The van der Waals surface area contributed by atoms with E-state index in [1.807, 2.05) is 30.4 Å². The standard InChI is InChI=1S/C23H34O2/c1-2-3-4-5-9-15-22-16-10-11-17-23(22,24)18-12-19-25-20-21-13-7-6-8-14-21/h6-9,12-15,18,22,24H,2-5,10-11,16-17,19-20H2,1H3/b15-9-,18-12+/t22-,23-/m0/s1. The summed E-state index contributed by atoms with van der Waals surface area (Å²) in [4.78, 5) is 0. The van der Waals surface area contributed by atoms with Crippen LogP contribution in [0.15, 0.2) is 54.6 Å². The van der Waals surface area contributed by atoms with Crippen molar-refractivity contribution in [1.29, 1.82) is 0 Å². The SMILES string of the molecule is CCCCC/C=C\[C@H]1CCCC[C@]1(O)/C=C/COCc1ccccc1. The molecule has 0 bridgehead atoms. The normalized spacial score (nSPS) is 24.3. The van der Waals surface area contributed by atoms with E-state index in [1.165, 1.54) is 31.2 Å². The third kappa shape index (κ3) is 7.17. The highest BCUT2D eigenvalue weighted by molar-refractivity contribution is 5.14. The molecule has 1 N–H and O–H groups in total. The molecule has 1 saturated carbocycles. The minimum absolute atomic E-state index is 0.244. The van der Waals surface area contributed by atoms with E-state index in [0.29, 0.717) is 13.2 Å². The molecule has 1 aliphatic carbocycles. The Morgan fingerprint density at radius 1 is 1.16 bits per heavy atom. The summed E-state index contributed by atoms with van der Waals surface area (Å²) in [6, 6.07) is 10.2. The highest BCUT2D eigenvalue weighted by Gasteiger charge is 2.34. The lowest BCUT2D eigenvalue weighted by Gasteiger charge is -2.36. The van der Waals surface area contributed by atoms with E-state index in [2.05, 4.69) is 31.2 Å². The molecule has 1 aromatic rings.